The molecule has 1 aliphatic heterocycles. The van der Waals surface area contributed by atoms with Gasteiger partial charge in [-0.25, -0.2) is 4.79 Å². The van der Waals surface area contributed by atoms with Crippen molar-refractivity contribution in [2.45, 2.75) is 38.6 Å². The number of Topliss-reactive ketones (excluding diaryl/α,β-unsaturated/α-hetero) is 1. The minimum absolute atomic E-state index is 0.0193. The van der Waals surface area contributed by atoms with Crippen LogP contribution >= 0.6 is 0 Å². The quantitative estimate of drug-likeness (QED) is 0.441. The van der Waals surface area contributed by atoms with Crippen LogP contribution < -0.4 is 4.74 Å². The predicted molar refractivity (Wildman–Crippen MR) is 94.7 cm³/mol. The monoisotopic (exact) mass is 379 g/mol. The molecule has 27 heavy (non-hydrogen) atoms. The summed E-state index contributed by atoms with van der Waals surface area (Å²) in [4.78, 5) is 35.8. The molecule has 1 amide bonds. The lowest BCUT2D eigenvalue weighted by atomic mass is 9.82. The van der Waals surface area contributed by atoms with Gasteiger partial charge < -0.3 is 34.7 Å². The molecule has 1 heterocycles. The molecule has 1 fully saturated rings. The molecule has 0 aromatic heterocycles. The van der Waals surface area contributed by atoms with Gasteiger partial charge in [0.2, 0.25) is 5.91 Å². The molecule has 1 aliphatic rings. The van der Waals surface area contributed by atoms with Crippen molar-refractivity contribution in [2.75, 3.05) is 13.1 Å². The maximum absolute atomic E-state index is 11.9. The van der Waals surface area contributed by atoms with E-state index < -0.39 is 30.5 Å². The van der Waals surface area contributed by atoms with Gasteiger partial charge >= 0.3 is 13.1 Å². The van der Waals surface area contributed by atoms with E-state index in [9.17, 15) is 24.6 Å². The summed E-state index contributed by atoms with van der Waals surface area (Å²) in [5.41, 5.74) is -0.135. The second-order valence-electron chi connectivity index (χ2n) is 6.51. The van der Waals surface area contributed by atoms with Gasteiger partial charge in [-0.1, -0.05) is 6.07 Å². The zero-order valence-electron chi connectivity index (χ0n) is 14.9. The number of hydrogen-bond acceptors (Lipinski definition) is 7. The molecule has 2 rings (SSSR count). The number of aryl methyl sites for hydroxylation is 1. The Morgan fingerprint density at radius 2 is 1.89 bits per heavy atom. The SMILES string of the molecule is CC(=O)CCC(=O)N1CC(Oc2ccc(CCB(O)O)c(O)c2C(=O)O)C1. The zero-order chi connectivity index (χ0) is 20.1. The molecule has 4 N–H and O–H groups in total. The van der Waals surface area contributed by atoms with Crippen molar-refractivity contribution in [1.82, 2.24) is 4.90 Å². The summed E-state index contributed by atoms with van der Waals surface area (Å²) in [6.07, 6.45) is -0.0521. The average molecular weight is 379 g/mol. The molecule has 0 spiro atoms. The van der Waals surface area contributed by atoms with Crippen LogP contribution in [0.25, 0.3) is 0 Å². The number of benzene rings is 1. The van der Waals surface area contributed by atoms with Gasteiger partial charge in [-0.05, 0) is 31.3 Å². The van der Waals surface area contributed by atoms with Crippen molar-refractivity contribution in [3.8, 4) is 11.5 Å². The Balaban J connectivity index is 2.01. The second kappa shape index (κ2) is 8.87. The summed E-state index contributed by atoms with van der Waals surface area (Å²) >= 11 is 0. The number of ketones is 1. The first-order valence-corrected chi connectivity index (χ1v) is 8.57. The second-order valence-corrected chi connectivity index (χ2v) is 6.51. The third kappa shape index (κ3) is 5.44. The van der Waals surface area contributed by atoms with Gasteiger partial charge in [0.25, 0.3) is 0 Å². The van der Waals surface area contributed by atoms with Crippen molar-refractivity contribution in [3.05, 3.63) is 23.3 Å². The summed E-state index contributed by atoms with van der Waals surface area (Å²) in [5.74, 6) is -2.09. The van der Waals surface area contributed by atoms with Crippen LogP contribution in [0.5, 0.6) is 11.5 Å². The highest BCUT2D eigenvalue weighted by atomic mass is 16.5. The molecule has 0 radical (unpaired) electrons. The minimum Gasteiger partial charge on any atom is -0.507 e. The molecule has 0 saturated carbocycles. The van der Waals surface area contributed by atoms with Gasteiger partial charge in [-0.15, -0.1) is 0 Å². The van der Waals surface area contributed by atoms with E-state index in [0.29, 0.717) is 0 Å². The van der Waals surface area contributed by atoms with E-state index >= 15 is 0 Å². The maximum atomic E-state index is 11.9. The number of carbonyl (C=O) groups excluding carboxylic acids is 2. The van der Waals surface area contributed by atoms with Crippen LogP contribution in [0.15, 0.2) is 12.1 Å². The molecule has 10 heteroatoms. The van der Waals surface area contributed by atoms with Gasteiger partial charge in [0.1, 0.15) is 28.9 Å². The third-order valence-corrected chi connectivity index (χ3v) is 4.29. The summed E-state index contributed by atoms with van der Waals surface area (Å²) < 4.78 is 5.61. The number of aromatic carboxylic acids is 1. The number of rotatable bonds is 9. The molecule has 0 atom stereocenters. The molecule has 1 saturated heterocycles. The average Bonchev–Trinajstić information content (AvgIpc) is 2.54. The summed E-state index contributed by atoms with van der Waals surface area (Å²) in [5, 5.41) is 37.4. The molecule has 1 aromatic carbocycles. The fraction of sp³-hybridized carbons (Fsp3) is 0.471. The Hall–Kier alpha value is -2.59. The molecule has 146 valence electrons. The molecule has 9 nitrogen and oxygen atoms in total. The van der Waals surface area contributed by atoms with Crippen molar-refractivity contribution >= 4 is 24.8 Å². The smallest absolute Gasteiger partial charge is 0.451 e. The first-order chi connectivity index (χ1) is 12.7. The van der Waals surface area contributed by atoms with Crippen LogP contribution in [-0.4, -0.2) is 69.1 Å². The molecular weight excluding hydrogens is 357 g/mol. The molecule has 0 unspecified atom stereocenters. The molecule has 0 aliphatic carbocycles. The Morgan fingerprint density at radius 3 is 2.44 bits per heavy atom. The molecular formula is C17H22BNO8. The Kier molecular flexibility index (Phi) is 6.81. The standard InChI is InChI=1S/C17H22BNO8/c1-10(20)2-5-14(21)19-8-12(9-19)27-13-4-3-11(6-7-18(25)26)16(22)15(13)17(23)24/h3-4,12,22,25-26H,2,5-9H2,1H3,(H,23,24). The Morgan fingerprint density at radius 1 is 1.22 bits per heavy atom. The highest BCUT2D eigenvalue weighted by molar-refractivity contribution is 6.41. The Labute approximate surface area is 156 Å². The van der Waals surface area contributed by atoms with Crippen molar-refractivity contribution in [3.63, 3.8) is 0 Å². The van der Waals surface area contributed by atoms with Gasteiger partial charge in [0, 0.05) is 12.8 Å². The van der Waals surface area contributed by atoms with Gasteiger partial charge in [0.15, 0.2) is 0 Å². The first-order valence-electron chi connectivity index (χ1n) is 8.57. The number of nitrogens with zero attached hydrogens (tertiary/aromatic N) is 1. The fourth-order valence-corrected chi connectivity index (χ4v) is 2.74. The van der Waals surface area contributed by atoms with Crippen LogP contribution in [0.3, 0.4) is 0 Å². The largest absolute Gasteiger partial charge is 0.507 e. The van der Waals surface area contributed by atoms with Crippen molar-refractivity contribution in [2.24, 2.45) is 0 Å². The highest BCUT2D eigenvalue weighted by Gasteiger charge is 2.33. The summed E-state index contributed by atoms with van der Waals surface area (Å²) in [6, 6.07) is 2.87. The summed E-state index contributed by atoms with van der Waals surface area (Å²) in [7, 11) is -1.56. The van der Waals surface area contributed by atoms with Crippen LogP contribution in [0.2, 0.25) is 6.32 Å². The van der Waals surface area contributed by atoms with Crippen molar-refractivity contribution in [1.29, 1.82) is 0 Å². The number of aromatic hydroxyl groups is 1. The number of ether oxygens (including phenoxy) is 1. The minimum atomic E-state index is -1.56. The number of carbonyl (C=O) groups is 3. The number of carboxylic acids is 1. The predicted octanol–water partition coefficient (Wildman–Crippen LogP) is 0.0645. The third-order valence-electron chi connectivity index (χ3n) is 4.29. The highest BCUT2D eigenvalue weighted by Crippen LogP contribution is 2.34. The number of likely N-dealkylation sites (tertiary alicyclic amines) is 1. The van der Waals surface area contributed by atoms with Crippen molar-refractivity contribution < 1.29 is 39.4 Å². The van der Waals surface area contributed by atoms with Gasteiger partial charge in [-0.3, -0.25) is 4.79 Å². The Bertz CT molecular complexity index is 730. The first kappa shape index (κ1) is 20.7. The lowest BCUT2D eigenvalue weighted by molar-refractivity contribution is -0.141. The lowest BCUT2D eigenvalue weighted by Crippen LogP contribution is -2.56. The molecule has 0 bridgehead atoms. The van der Waals surface area contributed by atoms with E-state index in [1.165, 1.54) is 24.0 Å². The van der Waals surface area contributed by atoms with Gasteiger partial charge in [0.05, 0.1) is 13.1 Å². The van der Waals surface area contributed by atoms with E-state index in [2.05, 4.69) is 0 Å². The van der Waals surface area contributed by atoms with E-state index in [1.807, 2.05) is 0 Å². The van der Waals surface area contributed by atoms with E-state index in [1.54, 1.807) is 0 Å². The van der Waals surface area contributed by atoms with E-state index in [0.717, 1.165) is 0 Å². The number of amides is 1. The zero-order valence-corrected chi connectivity index (χ0v) is 14.9. The van der Waals surface area contributed by atoms with E-state index in [4.69, 9.17) is 14.8 Å². The van der Waals surface area contributed by atoms with Crippen LogP contribution in [0, 0.1) is 0 Å². The van der Waals surface area contributed by atoms with E-state index in [-0.39, 0.29) is 61.7 Å². The number of phenols is 1. The number of carboxylic acid groups (broad SMARTS) is 1. The normalized spacial score (nSPS) is 13.8. The fourth-order valence-electron chi connectivity index (χ4n) is 2.74. The van der Waals surface area contributed by atoms with Crippen LogP contribution in [0.4, 0.5) is 0 Å². The lowest BCUT2D eigenvalue weighted by Gasteiger charge is -2.39. The summed E-state index contributed by atoms with van der Waals surface area (Å²) in [6.45, 7) is 1.96. The van der Waals surface area contributed by atoms with Crippen LogP contribution in [-0.2, 0) is 16.0 Å². The topological polar surface area (TPSA) is 145 Å². The van der Waals surface area contributed by atoms with Crippen LogP contribution in [0.1, 0.15) is 35.7 Å². The van der Waals surface area contributed by atoms with Gasteiger partial charge in [-0.2, -0.15) is 0 Å². The number of hydrogen-bond donors (Lipinski definition) is 4. The maximum Gasteiger partial charge on any atom is 0.451 e. The molecule has 1 aromatic rings.